The Labute approximate surface area is 193 Å². The third kappa shape index (κ3) is 3.21. The minimum Gasteiger partial charge on any atom is -0.310 e. The molecule has 0 aliphatic heterocycles. The van der Waals surface area contributed by atoms with Gasteiger partial charge in [-0.1, -0.05) is 73.3 Å². The highest BCUT2D eigenvalue weighted by Crippen LogP contribution is 2.36. The van der Waals surface area contributed by atoms with Gasteiger partial charge >= 0.3 is 0 Å². The molecule has 0 fully saturated rings. The molecule has 3 nitrogen and oxygen atoms in total. The molecule has 160 valence electrons. The molecule has 33 heavy (non-hydrogen) atoms. The Kier molecular flexibility index (Phi) is 4.55. The largest absolute Gasteiger partial charge is 0.310 e. The van der Waals surface area contributed by atoms with Crippen molar-refractivity contribution in [3.63, 3.8) is 0 Å². The summed E-state index contributed by atoms with van der Waals surface area (Å²) in [7, 11) is 2.07. The van der Waals surface area contributed by atoms with Crippen LogP contribution >= 0.6 is 0 Å². The molecule has 3 heteroatoms. The van der Waals surface area contributed by atoms with E-state index in [0.717, 1.165) is 22.7 Å². The van der Waals surface area contributed by atoms with Crippen LogP contribution in [0.25, 0.3) is 40.4 Å². The minimum atomic E-state index is 0.992. The SMILES string of the molecule is C=c1/c(=C\C=C\N(C)n2cc3c(c2)-c2ccccc2C3)c2ccccc2n1-c1ccccc1. The molecule has 0 bridgehead atoms. The van der Waals surface area contributed by atoms with Crippen molar-refractivity contribution in [2.75, 3.05) is 12.1 Å². The lowest BCUT2D eigenvalue weighted by Crippen LogP contribution is -2.26. The van der Waals surface area contributed by atoms with E-state index in [1.807, 2.05) is 6.07 Å². The van der Waals surface area contributed by atoms with E-state index < -0.39 is 0 Å². The van der Waals surface area contributed by atoms with Crippen LogP contribution in [0.4, 0.5) is 0 Å². The van der Waals surface area contributed by atoms with Gasteiger partial charge in [-0.2, -0.15) is 0 Å². The third-order valence-electron chi connectivity index (χ3n) is 6.54. The van der Waals surface area contributed by atoms with Gasteiger partial charge in [0.1, 0.15) is 0 Å². The first-order chi connectivity index (χ1) is 16.2. The lowest BCUT2D eigenvalue weighted by molar-refractivity contribution is 0.769. The molecule has 5 aromatic rings. The zero-order chi connectivity index (χ0) is 22.4. The summed E-state index contributed by atoms with van der Waals surface area (Å²) in [5, 5.41) is 5.45. The Bertz CT molecular complexity index is 1620. The van der Waals surface area contributed by atoms with E-state index >= 15 is 0 Å². The van der Waals surface area contributed by atoms with E-state index in [9.17, 15) is 0 Å². The predicted molar refractivity (Wildman–Crippen MR) is 138 cm³/mol. The molecule has 6 rings (SSSR count). The van der Waals surface area contributed by atoms with E-state index in [1.165, 1.54) is 33.2 Å². The van der Waals surface area contributed by atoms with Gasteiger partial charge in [-0.05, 0) is 41.0 Å². The summed E-state index contributed by atoms with van der Waals surface area (Å²) in [6, 6.07) is 27.6. The van der Waals surface area contributed by atoms with Gasteiger partial charge in [0.25, 0.3) is 0 Å². The standard InChI is InChI=1S/C30H25N3/c1-22-26(28-15-8-9-17-30(28)33(22)25-12-4-3-5-13-25)16-10-18-31(2)32-20-24-19-23-11-6-7-14-27(23)29(24)21-32/h3-18,20-21H,1,19H2,2H3/b18-10+,26-16+. The summed E-state index contributed by atoms with van der Waals surface area (Å²) in [4.78, 5) is 0. The maximum absolute atomic E-state index is 4.42. The molecule has 0 atom stereocenters. The average Bonchev–Trinajstić information content (AvgIpc) is 3.49. The lowest BCUT2D eigenvalue weighted by atomic mass is 10.1. The summed E-state index contributed by atoms with van der Waals surface area (Å²) in [6.07, 6.45) is 11.8. The molecule has 0 saturated heterocycles. The Morgan fingerprint density at radius 1 is 0.818 bits per heavy atom. The number of rotatable bonds is 4. The fourth-order valence-electron chi connectivity index (χ4n) is 4.91. The smallest absolute Gasteiger partial charge is 0.0540 e. The molecule has 0 unspecified atom stereocenters. The Morgan fingerprint density at radius 3 is 2.45 bits per heavy atom. The molecule has 2 aromatic heterocycles. The van der Waals surface area contributed by atoms with Crippen LogP contribution in [-0.2, 0) is 6.42 Å². The third-order valence-corrected chi connectivity index (χ3v) is 6.54. The van der Waals surface area contributed by atoms with Crippen LogP contribution < -0.4 is 15.6 Å². The summed E-state index contributed by atoms with van der Waals surface area (Å²) in [5.74, 6) is 0. The molecule has 0 N–H and O–H groups in total. The van der Waals surface area contributed by atoms with E-state index in [-0.39, 0.29) is 0 Å². The number of nitrogens with zero attached hydrogens (tertiary/aromatic N) is 3. The van der Waals surface area contributed by atoms with Gasteiger partial charge in [0, 0.05) is 59.3 Å². The predicted octanol–water partition coefficient (Wildman–Crippen LogP) is 4.98. The summed E-state index contributed by atoms with van der Waals surface area (Å²) < 4.78 is 4.38. The zero-order valence-electron chi connectivity index (χ0n) is 18.6. The number of allylic oxidation sites excluding steroid dienone is 1. The highest BCUT2D eigenvalue weighted by Gasteiger charge is 2.20. The van der Waals surface area contributed by atoms with Crippen molar-refractivity contribution < 1.29 is 0 Å². The molecule has 0 saturated carbocycles. The van der Waals surface area contributed by atoms with Crippen molar-refractivity contribution in [1.82, 2.24) is 9.24 Å². The van der Waals surface area contributed by atoms with E-state index in [4.69, 9.17) is 0 Å². The lowest BCUT2D eigenvalue weighted by Gasteiger charge is -2.15. The van der Waals surface area contributed by atoms with Crippen molar-refractivity contribution in [2.24, 2.45) is 0 Å². The van der Waals surface area contributed by atoms with Crippen LogP contribution in [0.1, 0.15) is 11.1 Å². The van der Waals surface area contributed by atoms with E-state index in [0.29, 0.717) is 0 Å². The first-order valence-corrected chi connectivity index (χ1v) is 11.3. The van der Waals surface area contributed by atoms with Gasteiger partial charge in [0.05, 0.1) is 5.52 Å². The fraction of sp³-hybridized carbons (Fsp3) is 0.0667. The van der Waals surface area contributed by atoms with Crippen molar-refractivity contribution in [3.8, 4) is 16.8 Å². The van der Waals surface area contributed by atoms with Crippen LogP contribution in [-0.4, -0.2) is 16.3 Å². The van der Waals surface area contributed by atoms with Gasteiger partial charge in [-0.3, -0.25) is 9.69 Å². The van der Waals surface area contributed by atoms with Gasteiger partial charge in [-0.15, -0.1) is 0 Å². The summed E-state index contributed by atoms with van der Waals surface area (Å²) in [5.41, 5.74) is 7.78. The molecular formula is C30H25N3. The highest BCUT2D eigenvalue weighted by molar-refractivity contribution is 5.84. The Hall–Kier alpha value is -4.24. The van der Waals surface area contributed by atoms with Gasteiger partial charge in [0.2, 0.25) is 0 Å². The van der Waals surface area contributed by atoms with Crippen molar-refractivity contribution in [1.29, 1.82) is 0 Å². The molecule has 1 aliphatic carbocycles. The van der Waals surface area contributed by atoms with Gasteiger partial charge in [-0.25, -0.2) is 0 Å². The second kappa shape index (κ2) is 7.72. The second-order valence-corrected chi connectivity index (χ2v) is 8.54. The number of aromatic nitrogens is 2. The molecule has 0 spiro atoms. The van der Waals surface area contributed by atoms with E-state index in [2.05, 4.69) is 131 Å². The Balaban J connectivity index is 1.36. The first-order valence-electron chi connectivity index (χ1n) is 11.3. The molecule has 0 amide bonds. The number of hydrogen-bond acceptors (Lipinski definition) is 1. The quantitative estimate of drug-likeness (QED) is 0.387. The maximum atomic E-state index is 4.42. The average molecular weight is 428 g/mol. The van der Waals surface area contributed by atoms with Gasteiger partial charge in [0.15, 0.2) is 0 Å². The molecule has 1 aliphatic rings. The molecule has 3 aromatic carbocycles. The van der Waals surface area contributed by atoms with Crippen LogP contribution in [0.15, 0.2) is 104 Å². The van der Waals surface area contributed by atoms with Crippen molar-refractivity contribution >= 4 is 23.6 Å². The van der Waals surface area contributed by atoms with Crippen molar-refractivity contribution in [2.45, 2.75) is 6.42 Å². The fourth-order valence-corrected chi connectivity index (χ4v) is 4.91. The molecule has 2 heterocycles. The van der Waals surface area contributed by atoms with Crippen LogP contribution in [0.3, 0.4) is 0 Å². The van der Waals surface area contributed by atoms with E-state index in [1.54, 1.807) is 0 Å². The van der Waals surface area contributed by atoms with Crippen molar-refractivity contribution in [3.05, 3.63) is 125 Å². The number of benzene rings is 3. The maximum Gasteiger partial charge on any atom is 0.0540 e. The first kappa shape index (κ1) is 19.4. The monoisotopic (exact) mass is 427 g/mol. The second-order valence-electron chi connectivity index (χ2n) is 8.54. The van der Waals surface area contributed by atoms with Crippen LogP contribution in [0.2, 0.25) is 0 Å². The number of para-hydroxylation sites is 2. The normalized spacial score (nSPS) is 13.1. The number of hydrogen-bond donors (Lipinski definition) is 0. The number of fused-ring (bicyclic) bond motifs is 4. The summed E-state index contributed by atoms with van der Waals surface area (Å²) in [6.45, 7) is 4.42. The van der Waals surface area contributed by atoms with Gasteiger partial charge < -0.3 is 4.57 Å². The summed E-state index contributed by atoms with van der Waals surface area (Å²) >= 11 is 0. The van der Waals surface area contributed by atoms with Crippen LogP contribution in [0.5, 0.6) is 0 Å². The highest BCUT2D eigenvalue weighted by atomic mass is 15.5. The van der Waals surface area contributed by atoms with Crippen LogP contribution in [0, 0.1) is 0 Å². The zero-order valence-corrected chi connectivity index (χ0v) is 18.6. The Morgan fingerprint density at radius 2 is 1.58 bits per heavy atom. The topological polar surface area (TPSA) is 13.1 Å². The minimum absolute atomic E-state index is 0.992. The molecule has 0 radical (unpaired) electrons. The molecular weight excluding hydrogens is 402 g/mol.